The first kappa shape index (κ1) is 17.2. The predicted octanol–water partition coefficient (Wildman–Crippen LogP) is 3.96. The van der Waals surface area contributed by atoms with Gasteiger partial charge in [-0.05, 0) is 31.4 Å². The Hall–Kier alpha value is -1.66. The quantitative estimate of drug-likeness (QED) is 0.693. The molecule has 0 aliphatic heterocycles. The van der Waals surface area contributed by atoms with E-state index in [0.29, 0.717) is 33.4 Å². The second-order valence-electron chi connectivity index (χ2n) is 5.76. The van der Waals surface area contributed by atoms with Crippen molar-refractivity contribution < 1.29 is 18.3 Å². The maximum atomic E-state index is 13.0. The summed E-state index contributed by atoms with van der Waals surface area (Å²) < 4.78 is 23.1. The first-order valence-corrected chi connectivity index (χ1v) is 9.76. The predicted molar refractivity (Wildman–Crippen MR) is 91.5 cm³/mol. The molecule has 0 N–H and O–H groups in total. The van der Waals surface area contributed by atoms with Gasteiger partial charge < -0.3 is 9.26 Å². The Bertz CT molecular complexity index is 798. The lowest BCUT2D eigenvalue weighted by Crippen LogP contribution is -2.10. The van der Waals surface area contributed by atoms with E-state index in [-0.39, 0.29) is 17.5 Å². The van der Waals surface area contributed by atoms with Crippen molar-refractivity contribution in [2.45, 2.75) is 37.0 Å². The van der Waals surface area contributed by atoms with E-state index in [1.165, 1.54) is 12.5 Å². The van der Waals surface area contributed by atoms with E-state index in [9.17, 15) is 9.00 Å². The third kappa shape index (κ3) is 3.26. The van der Waals surface area contributed by atoms with Crippen molar-refractivity contribution in [3.8, 4) is 5.75 Å². The maximum Gasteiger partial charge on any atom is 0.202 e. The van der Waals surface area contributed by atoms with Gasteiger partial charge in [0.1, 0.15) is 5.75 Å². The lowest BCUT2D eigenvalue weighted by atomic mass is 10.0. The molecule has 0 saturated heterocycles. The van der Waals surface area contributed by atoms with E-state index >= 15 is 0 Å². The molecule has 1 atom stereocenters. The second kappa shape index (κ2) is 7.07. The Morgan fingerprint density at radius 1 is 1.42 bits per heavy atom. The summed E-state index contributed by atoms with van der Waals surface area (Å²) in [7, 11) is -1.38. The van der Waals surface area contributed by atoms with Crippen LogP contribution in [0.1, 0.15) is 53.8 Å². The number of ketones is 1. The van der Waals surface area contributed by atoms with Crippen LogP contribution in [0.15, 0.2) is 27.7 Å². The van der Waals surface area contributed by atoms with Crippen LogP contribution in [-0.4, -0.2) is 28.0 Å². The largest absolute Gasteiger partial charge is 0.491 e. The number of ether oxygens (including phenoxy) is 1. The van der Waals surface area contributed by atoms with Gasteiger partial charge >= 0.3 is 0 Å². The molecule has 0 amide bonds. The normalized spacial score (nSPS) is 15.3. The topological polar surface area (TPSA) is 69.4 Å². The molecule has 7 heteroatoms. The van der Waals surface area contributed by atoms with Gasteiger partial charge in [0.2, 0.25) is 5.78 Å². The number of benzene rings is 1. The molecule has 128 valence electrons. The van der Waals surface area contributed by atoms with Crippen LogP contribution in [0.5, 0.6) is 5.75 Å². The van der Waals surface area contributed by atoms with Gasteiger partial charge in [0.15, 0.2) is 5.76 Å². The third-order valence-corrected chi connectivity index (χ3v) is 5.25. The first-order valence-electron chi connectivity index (χ1n) is 7.82. The van der Waals surface area contributed by atoms with Crippen LogP contribution in [0.2, 0.25) is 5.02 Å². The minimum atomic E-state index is -1.38. The molecule has 5 nitrogen and oxygen atoms in total. The summed E-state index contributed by atoms with van der Waals surface area (Å²) in [5.41, 5.74) is 0.775. The summed E-state index contributed by atoms with van der Waals surface area (Å²) >= 11 is 6.18. The van der Waals surface area contributed by atoms with Gasteiger partial charge in [0.05, 0.1) is 44.6 Å². The van der Waals surface area contributed by atoms with Gasteiger partial charge in [-0.3, -0.25) is 9.00 Å². The molecule has 1 heterocycles. The molecule has 0 spiro atoms. The van der Waals surface area contributed by atoms with Crippen molar-refractivity contribution in [3.05, 3.63) is 40.2 Å². The molecule has 1 aliphatic carbocycles. The highest BCUT2D eigenvalue weighted by Crippen LogP contribution is 2.43. The zero-order valence-electron chi connectivity index (χ0n) is 13.5. The van der Waals surface area contributed by atoms with E-state index in [0.717, 1.165) is 19.3 Å². The molecule has 1 saturated carbocycles. The minimum Gasteiger partial charge on any atom is -0.491 e. The van der Waals surface area contributed by atoms with Crippen LogP contribution in [0.4, 0.5) is 0 Å². The van der Waals surface area contributed by atoms with Crippen LogP contribution in [0, 0.1) is 0 Å². The van der Waals surface area contributed by atoms with Gasteiger partial charge in [-0.25, -0.2) is 0 Å². The molecule has 1 aromatic carbocycles. The number of nitrogens with zero attached hydrogens (tertiary/aromatic N) is 1. The lowest BCUT2D eigenvalue weighted by molar-refractivity contribution is 0.103. The van der Waals surface area contributed by atoms with E-state index in [2.05, 4.69) is 5.16 Å². The SMILES string of the molecule is CCCOc1c(C(=O)c2cnoc2C2CC2)ccc(Cl)c1S(C)=O. The summed E-state index contributed by atoms with van der Waals surface area (Å²) in [5.74, 6) is 0.930. The molecule has 1 unspecified atom stereocenters. The number of halogens is 1. The van der Waals surface area contributed by atoms with Crippen molar-refractivity contribution in [2.75, 3.05) is 12.9 Å². The number of carbonyl (C=O) groups excluding carboxylic acids is 1. The van der Waals surface area contributed by atoms with Crippen molar-refractivity contribution >= 4 is 28.2 Å². The number of hydrogen-bond donors (Lipinski definition) is 0. The average molecular weight is 368 g/mol. The number of aromatic nitrogens is 1. The van der Waals surface area contributed by atoms with Crippen molar-refractivity contribution in [1.29, 1.82) is 0 Å². The molecular weight excluding hydrogens is 350 g/mol. The Morgan fingerprint density at radius 3 is 2.79 bits per heavy atom. The fourth-order valence-electron chi connectivity index (χ4n) is 2.54. The summed E-state index contributed by atoms with van der Waals surface area (Å²) in [5, 5.41) is 4.10. The summed E-state index contributed by atoms with van der Waals surface area (Å²) in [6, 6.07) is 3.18. The van der Waals surface area contributed by atoms with E-state index < -0.39 is 10.8 Å². The zero-order valence-corrected chi connectivity index (χ0v) is 15.1. The van der Waals surface area contributed by atoms with Crippen LogP contribution >= 0.6 is 11.6 Å². The average Bonchev–Trinajstić information content (AvgIpc) is 3.28. The molecule has 1 aromatic heterocycles. The monoisotopic (exact) mass is 367 g/mol. The highest BCUT2D eigenvalue weighted by Gasteiger charge is 2.34. The summed E-state index contributed by atoms with van der Waals surface area (Å²) in [4.78, 5) is 13.4. The highest BCUT2D eigenvalue weighted by molar-refractivity contribution is 7.84. The summed E-state index contributed by atoms with van der Waals surface area (Å²) in [6.45, 7) is 2.36. The minimum absolute atomic E-state index is 0.243. The summed E-state index contributed by atoms with van der Waals surface area (Å²) in [6.07, 6.45) is 5.72. The van der Waals surface area contributed by atoms with Crippen LogP contribution < -0.4 is 4.74 Å². The molecule has 2 aromatic rings. The van der Waals surface area contributed by atoms with Crippen molar-refractivity contribution in [2.24, 2.45) is 0 Å². The van der Waals surface area contributed by atoms with E-state index in [1.54, 1.807) is 12.1 Å². The Balaban J connectivity index is 2.08. The van der Waals surface area contributed by atoms with Gasteiger partial charge in [0, 0.05) is 12.2 Å². The zero-order chi connectivity index (χ0) is 17.3. The van der Waals surface area contributed by atoms with Crippen LogP contribution in [0.25, 0.3) is 0 Å². The fraction of sp³-hybridized carbons (Fsp3) is 0.412. The number of rotatable bonds is 7. The molecule has 0 radical (unpaired) electrons. The van der Waals surface area contributed by atoms with Gasteiger partial charge in [-0.2, -0.15) is 0 Å². The Morgan fingerprint density at radius 2 is 2.17 bits per heavy atom. The van der Waals surface area contributed by atoms with Crippen LogP contribution in [0.3, 0.4) is 0 Å². The van der Waals surface area contributed by atoms with E-state index in [4.69, 9.17) is 20.9 Å². The molecule has 1 fully saturated rings. The van der Waals surface area contributed by atoms with Crippen LogP contribution in [-0.2, 0) is 10.8 Å². The molecule has 24 heavy (non-hydrogen) atoms. The second-order valence-corrected chi connectivity index (χ2v) is 7.49. The van der Waals surface area contributed by atoms with E-state index in [1.807, 2.05) is 6.92 Å². The molecule has 3 rings (SSSR count). The number of hydrogen-bond acceptors (Lipinski definition) is 5. The number of carbonyl (C=O) groups is 1. The lowest BCUT2D eigenvalue weighted by Gasteiger charge is -2.15. The Kier molecular flexibility index (Phi) is 5.06. The molecule has 1 aliphatic rings. The standard InChI is InChI=1S/C17H18ClNO4S/c1-3-8-22-16-11(6-7-13(18)17(16)24(2)21)14(20)12-9-19-23-15(12)10-4-5-10/h6-7,9-10H,3-5,8H2,1-2H3. The van der Waals surface area contributed by atoms with Gasteiger partial charge in [0.25, 0.3) is 0 Å². The highest BCUT2D eigenvalue weighted by atomic mass is 35.5. The van der Waals surface area contributed by atoms with Gasteiger partial charge in [-0.1, -0.05) is 23.7 Å². The van der Waals surface area contributed by atoms with Crippen molar-refractivity contribution in [3.63, 3.8) is 0 Å². The molecular formula is C17H18ClNO4S. The maximum absolute atomic E-state index is 13.0. The first-order chi connectivity index (χ1) is 11.5. The van der Waals surface area contributed by atoms with Gasteiger partial charge in [-0.15, -0.1) is 0 Å². The smallest absolute Gasteiger partial charge is 0.202 e. The Labute approximate surface area is 147 Å². The third-order valence-electron chi connectivity index (χ3n) is 3.84. The van der Waals surface area contributed by atoms with Crippen molar-refractivity contribution in [1.82, 2.24) is 5.16 Å². The molecule has 0 bridgehead atoms. The fourth-order valence-corrected chi connectivity index (χ4v) is 3.78.